The summed E-state index contributed by atoms with van der Waals surface area (Å²) in [7, 11) is 0. The molecule has 0 bridgehead atoms. The normalized spacial score (nSPS) is 23.1. The molecular formula is C21H22BrClF6N4O3. The first-order valence-electron chi connectivity index (χ1n) is 11.1. The Balaban J connectivity index is 1.62. The molecule has 0 saturated carbocycles. The van der Waals surface area contributed by atoms with Crippen molar-refractivity contribution in [2.45, 2.75) is 49.9 Å². The fraction of sp³-hybridized carbons (Fsp3) is 0.619. The quantitative estimate of drug-likeness (QED) is 0.310. The fourth-order valence-corrected chi connectivity index (χ4v) is 5.32. The first kappa shape index (κ1) is 27.3. The van der Waals surface area contributed by atoms with Crippen LogP contribution in [0.5, 0.6) is 11.8 Å². The van der Waals surface area contributed by atoms with Crippen molar-refractivity contribution < 1.29 is 35.8 Å². The Labute approximate surface area is 214 Å². The molecule has 2 fully saturated rings. The molecular weight excluding hydrogens is 586 g/mol. The van der Waals surface area contributed by atoms with Gasteiger partial charge in [-0.05, 0) is 35.3 Å². The number of fused-ring (bicyclic) bond motifs is 2. The molecule has 7 nitrogen and oxygen atoms in total. The molecule has 2 N–H and O–H groups in total. The number of hydrogen-bond donors (Lipinski definition) is 2. The molecule has 4 rings (SSSR count). The van der Waals surface area contributed by atoms with Gasteiger partial charge in [0.2, 0.25) is 0 Å². The summed E-state index contributed by atoms with van der Waals surface area (Å²) in [6, 6.07) is -2.14. The average Bonchev–Trinajstić information content (AvgIpc) is 3.33. The van der Waals surface area contributed by atoms with Crippen LogP contribution in [0.25, 0.3) is 10.9 Å². The van der Waals surface area contributed by atoms with Crippen molar-refractivity contribution >= 4 is 38.4 Å². The number of halogens is 8. The van der Waals surface area contributed by atoms with Crippen LogP contribution in [-0.2, 0) is 0 Å². The molecule has 2 aromatic rings. The number of alkyl halides is 5. The van der Waals surface area contributed by atoms with Crippen LogP contribution < -0.4 is 20.3 Å². The maximum Gasteiger partial charge on any atom is 0.297 e. The second-order valence-corrected chi connectivity index (χ2v) is 9.95. The van der Waals surface area contributed by atoms with Crippen molar-refractivity contribution in [2.75, 3.05) is 32.8 Å². The van der Waals surface area contributed by atoms with Gasteiger partial charge in [-0.25, -0.2) is 26.3 Å². The van der Waals surface area contributed by atoms with Crippen LogP contribution in [0.1, 0.15) is 19.3 Å². The number of nitrogens with one attached hydrogen (secondary N) is 2. The van der Waals surface area contributed by atoms with E-state index in [0.717, 1.165) is 13.0 Å². The first-order chi connectivity index (χ1) is 17.0. The summed E-state index contributed by atoms with van der Waals surface area (Å²) in [4.78, 5) is 21.2. The largest absolute Gasteiger partial charge is 0.489 e. The zero-order valence-corrected chi connectivity index (χ0v) is 21.0. The summed E-state index contributed by atoms with van der Waals surface area (Å²) in [5, 5.41) is 1.06. The van der Waals surface area contributed by atoms with Crippen molar-refractivity contribution in [2.24, 2.45) is 0 Å². The molecule has 3 heterocycles. The molecule has 1 unspecified atom stereocenters. The van der Waals surface area contributed by atoms with Gasteiger partial charge in [-0.1, -0.05) is 11.6 Å². The minimum absolute atomic E-state index is 0.0213. The van der Waals surface area contributed by atoms with Gasteiger partial charge in [0.15, 0.2) is 11.6 Å². The van der Waals surface area contributed by atoms with E-state index in [4.69, 9.17) is 21.1 Å². The van der Waals surface area contributed by atoms with Gasteiger partial charge in [0.05, 0.1) is 16.6 Å². The summed E-state index contributed by atoms with van der Waals surface area (Å²) in [5.74, 6) is -1.48. The van der Waals surface area contributed by atoms with Crippen molar-refractivity contribution in [1.82, 2.24) is 20.2 Å². The lowest BCUT2D eigenvalue weighted by atomic mass is 9.95. The van der Waals surface area contributed by atoms with E-state index in [1.54, 1.807) is 0 Å². The highest BCUT2D eigenvalue weighted by molar-refractivity contribution is 9.10. The smallest absolute Gasteiger partial charge is 0.297 e. The third-order valence-corrected chi connectivity index (χ3v) is 7.74. The van der Waals surface area contributed by atoms with Gasteiger partial charge in [0.25, 0.3) is 24.4 Å². The van der Waals surface area contributed by atoms with Gasteiger partial charge in [0.1, 0.15) is 41.4 Å². The maximum atomic E-state index is 15.0. The molecule has 200 valence electrons. The van der Waals surface area contributed by atoms with Crippen molar-refractivity contribution in [3.63, 3.8) is 0 Å². The number of aromatic amines is 1. The van der Waals surface area contributed by atoms with E-state index in [9.17, 15) is 26.7 Å². The minimum atomic E-state index is -3.08. The predicted molar refractivity (Wildman–Crippen MR) is 123 cm³/mol. The monoisotopic (exact) mass is 606 g/mol. The molecule has 0 amide bonds. The molecule has 3 atom stereocenters. The molecule has 36 heavy (non-hydrogen) atoms. The van der Waals surface area contributed by atoms with Gasteiger partial charge in [-0.3, -0.25) is 14.7 Å². The third kappa shape index (κ3) is 5.41. The standard InChI is InChI=1S/C21H22BrClF6N4O3/c22-13-14(23)17(35-7-10(18(28)29)30-5-11(25)26)12-16(15(13)27)31-20(32-19(12)34)36-8-21-2-1-3-33(21)6-9(24)4-21/h9-11,18,30H,1-8H2,(H,31,32,34)/t9-,10?,21+/m1/s1. The Morgan fingerprint density at radius 1 is 1.31 bits per heavy atom. The Hall–Kier alpha value is -1.77. The molecule has 0 aliphatic carbocycles. The summed E-state index contributed by atoms with van der Waals surface area (Å²) < 4.78 is 91.0. The second-order valence-electron chi connectivity index (χ2n) is 8.78. The van der Waals surface area contributed by atoms with Crippen LogP contribution in [0.15, 0.2) is 9.27 Å². The lowest BCUT2D eigenvalue weighted by Crippen LogP contribution is -2.43. The van der Waals surface area contributed by atoms with Gasteiger partial charge in [-0.2, -0.15) is 4.98 Å². The Morgan fingerprint density at radius 2 is 2.06 bits per heavy atom. The summed E-state index contributed by atoms with van der Waals surface area (Å²) in [6.07, 6.45) is -5.13. The number of ether oxygens (including phenoxy) is 2. The van der Waals surface area contributed by atoms with E-state index >= 15 is 4.39 Å². The summed E-state index contributed by atoms with van der Waals surface area (Å²) in [5.41, 5.74) is -1.98. The van der Waals surface area contributed by atoms with Gasteiger partial charge in [-0.15, -0.1) is 0 Å². The number of benzene rings is 1. The number of hydrogen-bond acceptors (Lipinski definition) is 6. The van der Waals surface area contributed by atoms with E-state index in [2.05, 4.69) is 25.9 Å². The van der Waals surface area contributed by atoms with E-state index in [0.29, 0.717) is 6.42 Å². The van der Waals surface area contributed by atoms with Gasteiger partial charge < -0.3 is 14.8 Å². The molecule has 0 radical (unpaired) electrons. The molecule has 15 heteroatoms. The first-order valence-corrected chi connectivity index (χ1v) is 12.2. The third-order valence-electron chi connectivity index (χ3n) is 6.40. The summed E-state index contributed by atoms with van der Waals surface area (Å²) >= 11 is 9.04. The average molecular weight is 608 g/mol. The highest BCUT2D eigenvalue weighted by Gasteiger charge is 2.49. The highest BCUT2D eigenvalue weighted by Crippen LogP contribution is 2.42. The Bertz CT molecular complexity index is 1170. The van der Waals surface area contributed by atoms with Gasteiger partial charge >= 0.3 is 0 Å². The van der Waals surface area contributed by atoms with Crippen molar-refractivity contribution in [1.29, 1.82) is 0 Å². The summed E-state index contributed by atoms with van der Waals surface area (Å²) in [6.45, 7) is -0.828. The van der Waals surface area contributed by atoms with Gasteiger partial charge in [0, 0.05) is 13.0 Å². The number of H-pyrrole nitrogens is 1. The molecule has 2 aliphatic heterocycles. The van der Waals surface area contributed by atoms with E-state index in [-0.39, 0.29) is 30.1 Å². The zero-order chi connectivity index (χ0) is 26.2. The SMILES string of the molecule is O=c1[nH]c(OC[C@@]23CCCN2C[C@H](F)C3)nc2c(F)c(Br)c(Cl)c(OCC(NCC(F)F)C(F)F)c12. The lowest BCUT2D eigenvalue weighted by Gasteiger charge is -2.30. The molecule has 1 aromatic heterocycles. The number of nitrogens with zero attached hydrogens (tertiary/aromatic N) is 2. The number of rotatable bonds is 10. The second kappa shape index (κ2) is 10.9. The van der Waals surface area contributed by atoms with E-state index in [1.807, 2.05) is 10.2 Å². The Kier molecular flexibility index (Phi) is 8.27. The molecule has 0 spiro atoms. The minimum Gasteiger partial charge on any atom is -0.489 e. The van der Waals surface area contributed by atoms with Crippen LogP contribution in [0, 0.1) is 5.82 Å². The van der Waals surface area contributed by atoms with Crippen LogP contribution in [0.4, 0.5) is 26.3 Å². The highest BCUT2D eigenvalue weighted by atomic mass is 79.9. The van der Waals surface area contributed by atoms with Crippen molar-refractivity contribution in [3.05, 3.63) is 25.7 Å². The predicted octanol–water partition coefficient (Wildman–Crippen LogP) is 4.30. The Morgan fingerprint density at radius 3 is 2.75 bits per heavy atom. The zero-order valence-electron chi connectivity index (χ0n) is 18.6. The fourth-order valence-electron chi connectivity index (χ4n) is 4.72. The van der Waals surface area contributed by atoms with E-state index in [1.165, 1.54) is 0 Å². The molecule has 2 aliphatic rings. The maximum absolute atomic E-state index is 15.0. The van der Waals surface area contributed by atoms with Crippen LogP contribution >= 0.6 is 27.5 Å². The lowest BCUT2D eigenvalue weighted by molar-refractivity contribution is 0.0578. The number of aromatic nitrogens is 2. The van der Waals surface area contributed by atoms with Crippen molar-refractivity contribution in [3.8, 4) is 11.8 Å². The van der Waals surface area contributed by atoms with E-state index < -0.39 is 76.8 Å². The topological polar surface area (TPSA) is 79.5 Å². The van der Waals surface area contributed by atoms with Crippen LogP contribution in [0.3, 0.4) is 0 Å². The van der Waals surface area contributed by atoms with Crippen LogP contribution in [0.2, 0.25) is 5.02 Å². The molecule has 2 saturated heterocycles. The molecule has 1 aromatic carbocycles. The van der Waals surface area contributed by atoms with Crippen LogP contribution in [-0.4, -0.2) is 78.3 Å².